The van der Waals surface area contributed by atoms with E-state index in [2.05, 4.69) is 6.58 Å². The highest BCUT2D eigenvalue weighted by atomic mass is 16.5. The summed E-state index contributed by atoms with van der Waals surface area (Å²) in [5.74, 6) is -0.377. The van der Waals surface area contributed by atoms with E-state index in [1.54, 1.807) is 13.0 Å². The molecule has 1 saturated heterocycles. The molecule has 102 valence electrons. The van der Waals surface area contributed by atoms with Crippen LogP contribution in [0.5, 0.6) is 0 Å². The van der Waals surface area contributed by atoms with Crippen molar-refractivity contribution in [2.45, 2.75) is 26.4 Å². The molecule has 5 heteroatoms. The quantitative estimate of drug-likeness (QED) is 0.524. The number of ether oxygens (including phenoxy) is 2. The minimum atomic E-state index is -0.445. The van der Waals surface area contributed by atoms with Crippen molar-refractivity contribution < 1.29 is 19.1 Å². The van der Waals surface area contributed by atoms with Crippen molar-refractivity contribution in [3.05, 3.63) is 12.7 Å². The topological polar surface area (TPSA) is 55.8 Å². The average Bonchev–Trinajstić information content (AvgIpc) is 2.74. The molecule has 1 aliphatic heterocycles. The molecule has 0 N–H and O–H groups in total. The zero-order chi connectivity index (χ0) is 13.5. The number of carbonyl (C=O) groups is 2. The molecule has 1 rings (SSSR count). The largest absolute Gasteiger partial charge is 0.465 e. The Bertz CT molecular complexity index is 316. The van der Waals surface area contributed by atoms with Gasteiger partial charge in [0.25, 0.3) is 5.91 Å². The van der Waals surface area contributed by atoms with Crippen molar-refractivity contribution in [2.75, 3.05) is 26.3 Å². The third-order valence-corrected chi connectivity index (χ3v) is 2.92. The first kappa shape index (κ1) is 14.7. The van der Waals surface area contributed by atoms with Crippen LogP contribution in [0.25, 0.3) is 0 Å². The van der Waals surface area contributed by atoms with Gasteiger partial charge in [-0.15, -0.1) is 6.58 Å². The fourth-order valence-corrected chi connectivity index (χ4v) is 1.94. The van der Waals surface area contributed by atoms with Crippen LogP contribution >= 0.6 is 0 Å². The van der Waals surface area contributed by atoms with Gasteiger partial charge in [-0.05, 0) is 19.3 Å². The second-order valence-corrected chi connectivity index (χ2v) is 4.37. The van der Waals surface area contributed by atoms with Crippen molar-refractivity contribution in [1.29, 1.82) is 0 Å². The van der Waals surface area contributed by atoms with Gasteiger partial charge in [0.05, 0.1) is 6.61 Å². The van der Waals surface area contributed by atoms with Gasteiger partial charge in [0.15, 0.2) is 0 Å². The predicted molar refractivity (Wildman–Crippen MR) is 66.9 cm³/mol. The van der Waals surface area contributed by atoms with E-state index in [1.807, 2.05) is 6.92 Å². The number of nitrogens with zero attached hydrogens (tertiary/aromatic N) is 1. The Labute approximate surface area is 108 Å². The molecule has 0 saturated carbocycles. The van der Waals surface area contributed by atoms with Gasteiger partial charge in [0.2, 0.25) is 0 Å². The molecule has 1 fully saturated rings. The summed E-state index contributed by atoms with van der Waals surface area (Å²) in [4.78, 5) is 25.1. The van der Waals surface area contributed by atoms with Gasteiger partial charge in [-0.2, -0.15) is 0 Å². The minimum Gasteiger partial charge on any atom is -0.465 e. The average molecular weight is 255 g/mol. The molecule has 0 aromatic heterocycles. The van der Waals surface area contributed by atoms with Gasteiger partial charge >= 0.3 is 5.97 Å². The minimum absolute atomic E-state index is 0.0503. The number of carbonyl (C=O) groups excluding carboxylic acids is 2. The summed E-state index contributed by atoms with van der Waals surface area (Å²) in [5, 5.41) is 0. The van der Waals surface area contributed by atoms with E-state index in [9.17, 15) is 9.59 Å². The Balaban J connectivity index is 2.62. The van der Waals surface area contributed by atoms with Crippen LogP contribution in [0.3, 0.4) is 0 Å². The fourth-order valence-electron chi connectivity index (χ4n) is 1.94. The number of hydrogen-bond donors (Lipinski definition) is 0. The summed E-state index contributed by atoms with van der Waals surface area (Å²) in [5.41, 5.74) is 0. The predicted octanol–water partition coefficient (Wildman–Crippen LogP) is 0.989. The van der Waals surface area contributed by atoms with Gasteiger partial charge in [-0.1, -0.05) is 13.0 Å². The number of rotatable bonds is 6. The van der Waals surface area contributed by atoms with E-state index in [1.165, 1.54) is 4.90 Å². The Kier molecular flexibility index (Phi) is 5.85. The Morgan fingerprint density at radius 1 is 1.56 bits per heavy atom. The SMILES string of the molecule is C=CCN(CC(=O)OCC)C(=O)C1OCCC1C. The van der Waals surface area contributed by atoms with Crippen LogP contribution in [0.1, 0.15) is 20.3 Å². The van der Waals surface area contributed by atoms with Crippen LogP contribution in [0.2, 0.25) is 0 Å². The first-order valence-corrected chi connectivity index (χ1v) is 6.27. The summed E-state index contributed by atoms with van der Waals surface area (Å²) in [7, 11) is 0. The Morgan fingerprint density at radius 3 is 2.78 bits per heavy atom. The smallest absolute Gasteiger partial charge is 0.325 e. The summed E-state index contributed by atoms with van der Waals surface area (Å²) in [6.07, 6.45) is 2.02. The van der Waals surface area contributed by atoms with E-state index >= 15 is 0 Å². The molecule has 0 aromatic carbocycles. The van der Waals surface area contributed by atoms with Gasteiger partial charge < -0.3 is 14.4 Å². The first-order chi connectivity index (χ1) is 8.60. The standard InChI is InChI=1S/C13H21NO4/c1-4-7-14(9-11(15)17-5-2)13(16)12-10(3)6-8-18-12/h4,10,12H,1,5-9H2,2-3H3. The second-order valence-electron chi connectivity index (χ2n) is 4.37. The lowest BCUT2D eigenvalue weighted by Crippen LogP contribution is -2.44. The highest BCUT2D eigenvalue weighted by Crippen LogP contribution is 2.21. The number of esters is 1. The molecule has 2 unspecified atom stereocenters. The molecule has 1 amide bonds. The van der Waals surface area contributed by atoms with Gasteiger partial charge in [0.1, 0.15) is 12.6 Å². The molecule has 0 bridgehead atoms. The van der Waals surface area contributed by atoms with Crippen LogP contribution in [0.15, 0.2) is 12.7 Å². The lowest BCUT2D eigenvalue weighted by molar-refractivity contribution is -0.152. The Morgan fingerprint density at radius 2 is 2.28 bits per heavy atom. The maximum atomic E-state index is 12.2. The summed E-state index contributed by atoms with van der Waals surface area (Å²) < 4.78 is 10.3. The molecule has 0 aromatic rings. The summed E-state index contributed by atoms with van der Waals surface area (Å²) in [6, 6.07) is 0. The fraction of sp³-hybridized carbons (Fsp3) is 0.692. The highest BCUT2D eigenvalue weighted by molar-refractivity contribution is 5.85. The zero-order valence-electron chi connectivity index (χ0n) is 11.1. The van der Waals surface area contributed by atoms with E-state index in [-0.39, 0.29) is 18.4 Å². The normalized spacial score (nSPS) is 22.6. The van der Waals surface area contributed by atoms with E-state index < -0.39 is 12.1 Å². The van der Waals surface area contributed by atoms with Gasteiger partial charge in [-0.3, -0.25) is 9.59 Å². The summed E-state index contributed by atoms with van der Waals surface area (Å²) >= 11 is 0. The maximum absolute atomic E-state index is 12.2. The molecular weight excluding hydrogens is 234 g/mol. The monoisotopic (exact) mass is 255 g/mol. The van der Waals surface area contributed by atoms with Crippen LogP contribution in [0, 0.1) is 5.92 Å². The molecule has 2 atom stereocenters. The van der Waals surface area contributed by atoms with Crippen molar-refractivity contribution in [3.63, 3.8) is 0 Å². The molecule has 1 heterocycles. The maximum Gasteiger partial charge on any atom is 0.325 e. The zero-order valence-corrected chi connectivity index (χ0v) is 11.1. The van der Waals surface area contributed by atoms with Crippen molar-refractivity contribution in [1.82, 2.24) is 4.90 Å². The van der Waals surface area contributed by atoms with Crippen LogP contribution < -0.4 is 0 Å². The lowest BCUT2D eigenvalue weighted by Gasteiger charge is -2.24. The van der Waals surface area contributed by atoms with Crippen LogP contribution in [-0.2, 0) is 19.1 Å². The second kappa shape index (κ2) is 7.16. The summed E-state index contributed by atoms with van der Waals surface area (Å²) in [6.45, 7) is 8.49. The lowest BCUT2D eigenvalue weighted by atomic mass is 10.0. The van der Waals surface area contributed by atoms with E-state index in [0.29, 0.717) is 19.8 Å². The molecule has 1 aliphatic rings. The van der Waals surface area contributed by atoms with Crippen molar-refractivity contribution >= 4 is 11.9 Å². The van der Waals surface area contributed by atoms with E-state index in [0.717, 1.165) is 6.42 Å². The van der Waals surface area contributed by atoms with Crippen molar-refractivity contribution in [2.24, 2.45) is 5.92 Å². The van der Waals surface area contributed by atoms with Crippen LogP contribution in [0.4, 0.5) is 0 Å². The Hall–Kier alpha value is -1.36. The molecule has 0 spiro atoms. The third-order valence-electron chi connectivity index (χ3n) is 2.92. The molecular formula is C13H21NO4. The number of hydrogen-bond acceptors (Lipinski definition) is 4. The van der Waals surface area contributed by atoms with E-state index in [4.69, 9.17) is 9.47 Å². The molecule has 18 heavy (non-hydrogen) atoms. The number of amides is 1. The van der Waals surface area contributed by atoms with Crippen molar-refractivity contribution in [3.8, 4) is 0 Å². The van der Waals surface area contributed by atoms with Gasteiger partial charge in [-0.25, -0.2) is 0 Å². The first-order valence-electron chi connectivity index (χ1n) is 6.27. The molecule has 0 radical (unpaired) electrons. The van der Waals surface area contributed by atoms with Crippen LogP contribution in [-0.4, -0.2) is 49.2 Å². The molecule has 5 nitrogen and oxygen atoms in total. The highest BCUT2D eigenvalue weighted by Gasteiger charge is 2.34. The van der Waals surface area contributed by atoms with Gasteiger partial charge in [0, 0.05) is 13.2 Å². The third kappa shape index (κ3) is 3.84. The molecule has 0 aliphatic carbocycles.